The van der Waals surface area contributed by atoms with Crippen molar-refractivity contribution in [3.05, 3.63) is 42.0 Å². The van der Waals surface area contributed by atoms with Crippen molar-refractivity contribution in [1.82, 2.24) is 5.32 Å². The molecule has 2 unspecified atom stereocenters. The Morgan fingerprint density at radius 1 is 1.28 bits per heavy atom. The second-order valence-corrected chi connectivity index (χ2v) is 7.39. The summed E-state index contributed by atoms with van der Waals surface area (Å²) in [5.74, 6) is -0.804. The molecule has 0 saturated heterocycles. The number of aliphatic hydroxyl groups excluding tert-OH is 1. The zero-order valence-electron chi connectivity index (χ0n) is 16.4. The van der Waals surface area contributed by atoms with Gasteiger partial charge < -0.3 is 31.1 Å². The molecule has 0 spiro atoms. The maximum atomic E-state index is 12.2. The Hall–Kier alpha value is -2.42. The van der Waals surface area contributed by atoms with Gasteiger partial charge in [0.15, 0.2) is 0 Å². The number of amides is 1. The lowest BCUT2D eigenvalue weighted by atomic mass is 9.84. The van der Waals surface area contributed by atoms with Gasteiger partial charge in [0.05, 0.1) is 13.0 Å². The van der Waals surface area contributed by atoms with Crippen LogP contribution in [0.15, 0.2) is 36.4 Å². The van der Waals surface area contributed by atoms with E-state index in [1.807, 2.05) is 6.08 Å². The van der Waals surface area contributed by atoms with Gasteiger partial charge in [0, 0.05) is 0 Å². The predicted molar refractivity (Wildman–Crippen MR) is 107 cm³/mol. The second kappa shape index (κ2) is 10.9. The minimum absolute atomic E-state index is 0.170. The number of nitrogens with one attached hydrogen (secondary N) is 1. The summed E-state index contributed by atoms with van der Waals surface area (Å²) < 4.78 is 5.55. The Morgan fingerprint density at radius 3 is 2.69 bits per heavy atom. The predicted octanol–water partition coefficient (Wildman–Crippen LogP) is 0.748. The molecule has 0 aliphatic heterocycles. The number of nitrogens with two attached hydrogens (primary N) is 1. The number of aliphatic carboxylic acids is 1. The van der Waals surface area contributed by atoms with E-state index >= 15 is 0 Å². The summed E-state index contributed by atoms with van der Waals surface area (Å²) in [6.07, 6.45) is 5.31. The Morgan fingerprint density at radius 2 is 2.00 bits per heavy atom. The number of ether oxygens (including phenoxy) is 1. The van der Waals surface area contributed by atoms with E-state index in [9.17, 15) is 19.8 Å². The highest BCUT2D eigenvalue weighted by Crippen LogP contribution is 2.26. The number of hydrogen-bond acceptors (Lipinski definition) is 6. The van der Waals surface area contributed by atoms with Crippen LogP contribution in [-0.2, 0) is 16.0 Å². The quantitative estimate of drug-likeness (QED) is 0.301. The van der Waals surface area contributed by atoms with Crippen LogP contribution < -0.4 is 15.8 Å². The van der Waals surface area contributed by atoms with Crippen molar-refractivity contribution in [2.24, 2.45) is 5.73 Å². The van der Waals surface area contributed by atoms with E-state index in [1.165, 1.54) is 0 Å². The molecule has 0 bridgehead atoms. The Labute approximate surface area is 170 Å². The Kier molecular flexibility index (Phi) is 8.63. The summed E-state index contributed by atoms with van der Waals surface area (Å²) in [7, 11) is 0. The SMILES string of the molecule is N[C@@H](Cc1ccc(OCCNC(=O)CC2(O)CCCC/C=C\C2O)cc1)C(=O)O. The van der Waals surface area contributed by atoms with E-state index in [0.717, 1.165) is 24.8 Å². The van der Waals surface area contributed by atoms with Crippen molar-refractivity contribution in [1.29, 1.82) is 0 Å². The standard InChI is InChI=1S/C21H30N2O6/c22-17(20(26)27)13-15-6-8-16(9-7-15)29-12-11-23-19(25)14-21(28)10-4-2-1-3-5-18(21)24/h3,5-9,17-18,24,28H,1-2,4,10-14,22H2,(H,23,25)(H,26,27)/b5-3-/t17-,18?,21?/m0/s1. The highest BCUT2D eigenvalue weighted by atomic mass is 16.5. The van der Waals surface area contributed by atoms with Gasteiger partial charge >= 0.3 is 5.97 Å². The molecule has 8 nitrogen and oxygen atoms in total. The first-order valence-electron chi connectivity index (χ1n) is 9.84. The third-order valence-electron chi connectivity index (χ3n) is 4.96. The molecule has 1 aromatic rings. The van der Waals surface area contributed by atoms with E-state index in [1.54, 1.807) is 30.3 Å². The molecule has 2 rings (SSSR count). The molecule has 6 N–H and O–H groups in total. The first-order chi connectivity index (χ1) is 13.8. The molecule has 0 aromatic heterocycles. The highest BCUT2D eigenvalue weighted by Gasteiger charge is 2.36. The lowest BCUT2D eigenvalue weighted by Crippen LogP contribution is -2.46. The van der Waals surface area contributed by atoms with Gasteiger partial charge in [0.2, 0.25) is 5.91 Å². The molecule has 29 heavy (non-hydrogen) atoms. The number of carboxylic acid groups (broad SMARTS) is 1. The van der Waals surface area contributed by atoms with Crippen LogP contribution in [-0.4, -0.2) is 58.1 Å². The molecule has 0 saturated carbocycles. The summed E-state index contributed by atoms with van der Waals surface area (Å²) in [5, 5.41) is 32.3. The van der Waals surface area contributed by atoms with Gasteiger partial charge in [-0.15, -0.1) is 0 Å². The average Bonchev–Trinajstić information content (AvgIpc) is 2.67. The first kappa shape index (κ1) is 22.9. The number of aliphatic hydroxyl groups is 2. The summed E-state index contributed by atoms with van der Waals surface area (Å²) in [5.41, 5.74) is 4.85. The number of carbonyl (C=O) groups is 2. The zero-order chi connectivity index (χ0) is 21.3. The van der Waals surface area contributed by atoms with Gasteiger partial charge in [-0.25, -0.2) is 0 Å². The van der Waals surface area contributed by atoms with Gasteiger partial charge in [0.25, 0.3) is 0 Å². The largest absolute Gasteiger partial charge is 0.492 e. The fraction of sp³-hybridized carbons (Fsp3) is 0.524. The van der Waals surface area contributed by atoms with E-state index in [2.05, 4.69) is 5.32 Å². The highest BCUT2D eigenvalue weighted by molar-refractivity contribution is 5.77. The molecule has 1 aliphatic carbocycles. The third kappa shape index (κ3) is 7.49. The van der Waals surface area contributed by atoms with Crippen molar-refractivity contribution in [2.75, 3.05) is 13.2 Å². The maximum Gasteiger partial charge on any atom is 0.320 e. The Balaban J connectivity index is 1.73. The van der Waals surface area contributed by atoms with Crippen molar-refractivity contribution < 1.29 is 29.6 Å². The van der Waals surface area contributed by atoms with Crippen LogP contribution in [0.25, 0.3) is 0 Å². The normalized spacial score (nSPS) is 24.0. The van der Waals surface area contributed by atoms with Crippen molar-refractivity contribution in [3.63, 3.8) is 0 Å². The Bertz CT molecular complexity index is 706. The molecule has 0 fully saturated rings. The number of hydrogen-bond donors (Lipinski definition) is 5. The van der Waals surface area contributed by atoms with Crippen molar-refractivity contribution >= 4 is 11.9 Å². The van der Waals surface area contributed by atoms with Gasteiger partial charge in [-0.1, -0.05) is 30.7 Å². The lowest BCUT2D eigenvalue weighted by molar-refractivity contribution is -0.138. The van der Waals surface area contributed by atoms with E-state index < -0.39 is 23.7 Å². The average molecular weight is 406 g/mol. The minimum Gasteiger partial charge on any atom is -0.492 e. The van der Waals surface area contributed by atoms with Crippen molar-refractivity contribution in [3.8, 4) is 5.75 Å². The number of carbonyl (C=O) groups excluding carboxylic acids is 1. The van der Waals surface area contributed by atoms with Gasteiger partial charge in [0.1, 0.15) is 30.1 Å². The molecule has 8 heteroatoms. The van der Waals surface area contributed by atoms with Crippen molar-refractivity contribution in [2.45, 2.75) is 56.3 Å². The summed E-state index contributed by atoms with van der Waals surface area (Å²) in [6, 6.07) is 5.97. The molecule has 0 heterocycles. The molecule has 3 atom stereocenters. The second-order valence-electron chi connectivity index (χ2n) is 7.39. The fourth-order valence-corrected chi connectivity index (χ4v) is 3.20. The topological polar surface area (TPSA) is 142 Å². The van der Waals surface area contributed by atoms with E-state index in [-0.39, 0.29) is 31.9 Å². The lowest BCUT2D eigenvalue weighted by Gasteiger charge is -2.32. The zero-order valence-corrected chi connectivity index (χ0v) is 16.4. The van der Waals surface area contributed by atoms with Crippen LogP contribution >= 0.6 is 0 Å². The molecular weight excluding hydrogens is 376 g/mol. The van der Waals surface area contributed by atoms with Crippen LogP contribution in [0.4, 0.5) is 0 Å². The monoisotopic (exact) mass is 406 g/mol. The fourth-order valence-electron chi connectivity index (χ4n) is 3.20. The van der Waals surface area contributed by atoms with Crippen LogP contribution in [0.5, 0.6) is 5.75 Å². The van der Waals surface area contributed by atoms with Gasteiger partial charge in [-0.05, 0) is 43.4 Å². The number of carboxylic acids is 1. The molecular formula is C21H30N2O6. The molecule has 1 aliphatic rings. The van der Waals surface area contributed by atoms with Gasteiger partial charge in [-0.3, -0.25) is 9.59 Å². The minimum atomic E-state index is -1.45. The van der Waals surface area contributed by atoms with E-state index in [0.29, 0.717) is 12.2 Å². The van der Waals surface area contributed by atoms with Crippen LogP contribution in [0, 0.1) is 0 Å². The summed E-state index contributed by atoms with van der Waals surface area (Å²) in [6.45, 7) is 0.493. The van der Waals surface area contributed by atoms with Crippen LogP contribution in [0.3, 0.4) is 0 Å². The first-order valence-corrected chi connectivity index (χ1v) is 9.84. The molecule has 160 valence electrons. The smallest absolute Gasteiger partial charge is 0.320 e. The molecule has 1 aromatic carbocycles. The molecule has 0 radical (unpaired) electrons. The van der Waals surface area contributed by atoms with Gasteiger partial charge in [-0.2, -0.15) is 0 Å². The van der Waals surface area contributed by atoms with Crippen LogP contribution in [0.1, 0.15) is 37.7 Å². The summed E-state index contributed by atoms with van der Waals surface area (Å²) >= 11 is 0. The maximum absolute atomic E-state index is 12.2. The number of allylic oxidation sites excluding steroid dienone is 1. The number of benzene rings is 1. The third-order valence-corrected chi connectivity index (χ3v) is 4.96. The summed E-state index contributed by atoms with van der Waals surface area (Å²) in [4.78, 5) is 22.9. The van der Waals surface area contributed by atoms with E-state index in [4.69, 9.17) is 15.6 Å². The van der Waals surface area contributed by atoms with Crippen LogP contribution in [0.2, 0.25) is 0 Å². The number of rotatable bonds is 9. The molecule has 1 amide bonds.